The molecule has 1 rings (SSSR count). The number of hydrogen-bond donors (Lipinski definition) is 0. The van der Waals surface area contributed by atoms with Gasteiger partial charge in [0.25, 0.3) is 0 Å². The van der Waals surface area contributed by atoms with E-state index in [1.165, 1.54) is 14.2 Å². The second-order valence-corrected chi connectivity index (χ2v) is 6.01. The predicted molar refractivity (Wildman–Crippen MR) is 67.6 cm³/mol. The number of nitrogens with zero attached hydrogens (tertiary/aromatic N) is 1. The van der Waals surface area contributed by atoms with E-state index in [-0.39, 0.29) is 17.9 Å². The Hall–Kier alpha value is -1.40. The van der Waals surface area contributed by atoms with Gasteiger partial charge in [-0.3, -0.25) is 4.79 Å². The molecule has 0 unspecified atom stereocenters. The van der Waals surface area contributed by atoms with Crippen molar-refractivity contribution in [3.05, 3.63) is 29.8 Å². The van der Waals surface area contributed by atoms with E-state index in [9.17, 15) is 13.2 Å². The highest BCUT2D eigenvalue weighted by Gasteiger charge is 2.21. The number of aryl methyl sites for hydroxylation is 1. The monoisotopic (exact) mass is 271 g/mol. The number of ether oxygens (including phenoxy) is 1. The van der Waals surface area contributed by atoms with Crippen LogP contribution in [0.25, 0.3) is 0 Å². The van der Waals surface area contributed by atoms with E-state index < -0.39 is 16.0 Å². The Balaban J connectivity index is 2.80. The maximum atomic E-state index is 12.1. The van der Waals surface area contributed by atoms with E-state index in [2.05, 4.69) is 4.74 Å². The van der Waals surface area contributed by atoms with E-state index >= 15 is 0 Å². The van der Waals surface area contributed by atoms with Gasteiger partial charge in [0.15, 0.2) is 0 Å². The van der Waals surface area contributed by atoms with Gasteiger partial charge >= 0.3 is 5.97 Å². The first-order valence-corrected chi connectivity index (χ1v) is 6.91. The van der Waals surface area contributed by atoms with Gasteiger partial charge in [0, 0.05) is 13.6 Å². The second kappa shape index (κ2) is 5.97. The maximum Gasteiger partial charge on any atom is 0.306 e. The molecule has 100 valence electrons. The molecule has 0 N–H and O–H groups in total. The van der Waals surface area contributed by atoms with E-state index in [4.69, 9.17) is 0 Å². The maximum absolute atomic E-state index is 12.1. The van der Waals surface area contributed by atoms with Crippen LogP contribution in [0.5, 0.6) is 0 Å². The molecule has 0 saturated carbocycles. The summed E-state index contributed by atoms with van der Waals surface area (Å²) in [5.41, 5.74) is 0.992. The molecule has 0 aliphatic rings. The summed E-state index contributed by atoms with van der Waals surface area (Å²) >= 11 is 0. The molecule has 1 aromatic rings. The lowest BCUT2D eigenvalue weighted by atomic mass is 10.2. The lowest BCUT2D eigenvalue weighted by molar-refractivity contribution is -0.140. The third kappa shape index (κ3) is 3.54. The van der Waals surface area contributed by atoms with Crippen molar-refractivity contribution < 1.29 is 17.9 Å². The van der Waals surface area contributed by atoms with Gasteiger partial charge < -0.3 is 4.74 Å². The van der Waals surface area contributed by atoms with Crippen LogP contribution in [-0.4, -0.2) is 39.4 Å². The first-order chi connectivity index (χ1) is 8.37. The molecule has 18 heavy (non-hydrogen) atoms. The van der Waals surface area contributed by atoms with Crippen molar-refractivity contribution in [2.45, 2.75) is 18.2 Å². The molecule has 0 aromatic heterocycles. The molecule has 1 aromatic carbocycles. The molecule has 5 nitrogen and oxygen atoms in total. The Labute approximate surface area is 107 Å². The van der Waals surface area contributed by atoms with Crippen LogP contribution >= 0.6 is 0 Å². The Kier molecular flexibility index (Phi) is 4.86. The molecule has 0 amide bonds. The average molecular weight is 271 g/mol. The predicted octanol–water partition coefficient (Wildman–Crippen LogP) is 1.18. The highest BCUT2D eigenvalue weighted by molar-refractivity contribution is 7.89. The fourth-order valence-electron chi connectivity index (χ4n) is 1.36. The van der Waals surface area contributed by atoms with Crippen molar-refractivity contribution in [1.82, 2.24) is 4.31 Å². The Morgan fingerprint density at radius 3 is 2.33 bits per heavy atom. The molecule has 0 atom stereocenters. The lowest BCUT2D eigenvalue weighted by Crippen LogP contribution is -2.29. The van der Waals surface area contributed by atoms with Gasteiger partial charge in [-0.25, -0.2) is 12.7 Å². The van der Waals surface area contributed by atoms with Crippen LogP contribution in [0, 0.1) is 6.92 Å². The minimum Gasteiger partial charge on any atom is -0.469 e. The average Bonchev–Trinajstić information content (AvgIpc) is 2.35. The third-order valence-electron chi connectivity index (χ3n) is 2.59. The summed E-state index contributed by atoms with van der Waals surface area (Å²) in [6.45, 7) is 1.99. The number of esters is 1. The number of carbonyl (C=O) groups is 1. The number of sulfonamides is 1. The van der Waals surface area contributed by atoms with E-state index in [0.717, 1.165) is 9.87 Å². The fourth-order valence-corrected chi connectivity index (χ4v) is 2.53. The zero-order valence-electron chi connectivity index (χ0n) is 10.7. The van der Waals surface area contributed by atoms with Crippen molar-refractivity contribution in [2.75, 3.05) is 20.7 Å². The number of benzene rings is 1. The summed E-state index contributed by atoms with van der Waals surface area (Å²) in [5.74, 6) is -0.430. The molecular weight excluding hydrogens is 254 g/mol. The Bertz CT molecular complexity index is 507. The summed E-state index contributed by atoms with van der Waals surface area (Å²) in [6, 6.07) is 6.58. The topological polar surface area (TPSA) is 63.7 Å². The first-order valence-electron chi connectivity index (χ1n) is 5.47. The van der Waals surface area contributed by atoms with Crippen molar-refractivity contribution in [1.29, 1.82) is 0 Å². The van der Waals surface area contributed by atoms with Crippen molar-refractivity contribution in [2.24, 2.45) is 0 Å². The van der Waals surface area contributed by atoms with Crippen molar-refractivity contribution >= 4 is 16.0 Å². The summed E-state index contributed by atoms with van der Waals surface area (Å²) in [4.78, 5) is 11.2. The zero-order chi connectivity index (χ0) is 13.8. The van der Waals surface area contributed by atoms with Gasteiger partial charge in [-0.05, 0) is 19.1 Å². The van der Waals surface area contributed by atoms with E-state index in [1.807, 2.05) is 6.92 Å². The number of rotatable bonds is 5. The van der Waals surface area contributed by atoms with Crippen LogP contribution in [0.1, 0.15) is 12.0 Å². The zero-order valence-corrected chi connectivity index (χ0v) is 11.5. The van der Waals surface area contributed by atoms with Crippen molar-refractivity contribution in [3.63, 3.8) is 0 Å². The molecule has 6 heteroatoms. The van der Waals surface area contributed by atoms with Gasteiger partial charge in [0.05, 0.1) is 18.4 Å². The van der Waals surface area contributed by atoms with Crippen LogP contribution in [0.3, 0.4) is 0 Å². The van der Waals surface area contributed by atoms with Crippen molar-refractivity contribution in [3.8, 4) is 0 Å². The molecule has 0 bridgehead atoms. The van der Waals surface area contributed by atoms with Crippen LogP contribution in [0.15, 0.2) is 29.2 Å². The minimum atomic E-state index is -3.53. The normalized spacial score (nSPS) is 11.6. The van der Waals surface area contributed by atoms with E-state index in [1.54, 1.807) is 24.3 Å². The number of methoxy groups -OCH3 is 1. The largest absolute Gasteiger partial charge is 0.469 e. The molecule has 0 radical (unpaired) electrons. The SMILES string of the molecule is COC(=O)CCN(C)S(=O)(=O)c1ccc(C)cc1. The standard InChI is InChI=1S/C12H17NO4S/c1-10-4-6-11(7-5-10)18(15,16)13(2)9-8-12(14)17-3/h4-7H,8-9H2,1-3H3. The molecular formula is C12H17NO4S. The Morgan fingerprint density at radius 2 is 1.83 bits per heavy atom. The summed E-state index contributed by atoms with van der Waals surface area (Å²) in [7, 11) is -0.817. The molecule has 0 heterocycles. The molecule has 0 aliphatic heterocycles. The lowest BCUT2D eigenvalue weighted by Gasteiger charge is -2.16. The van der Waals surface area contributed by atoms with Crippen LogP contribution in [-0.2, 0) is 19.6 Å². The quantitative estimate of drug-likeness (QED) is 0.754. The van der Waals surface area contributed by atoms with Gasteiger partial charge in [-0.15, -0.1) is 0 Å². The number of carbonyl (C=O) groups excluding carboxylic acids is 1. The van der Waals surface area contributed by atoms with Crippen LogP contribution in [0.2, 0.25) is 0 Å². The summed E-state index contributed by atoms with van der Waals surface area (Å²) in [6.07, 6.45) is 0.0398. The van der Waals surface area contributed by atoms with Gasteiger partial charge in [0.2, 0.25) is 10.0 Å². The highest BCUT2D eigenvalue weighted by atomic mass is 32.2. The summed E-state index contributed by atoms with van der Waals surface area (Å²) < 4.78 is 29.9. The third-order valence-corrected chi connectivity index (χ3v) is 4.46. The van der Waals surface area contributed by atoms with Crippen LogP contribution < -0.4 is 0 Å². The Morgan fingerprint density at radius 1 is 1.28 bits per heavy atom. The molecule has 0 fully saturated rings. The fraction of sp³-hybridized carbons (Fsp3) is 0.417. The minimum absolute atomic E-state index is 0.0398. The number of hydrogen-bond acceptors (Lipinski definition) is 4. The molecule has 0 saturated heterocycles. The molecule has 0 aliphatic carbocycles. The first kappa shape index (κ1) is 14.7. The van der Waals surface area contributed by atoms with E-state index in [0.29, 0.717) is 0 Å². The van der Waals surface area contributed by atoms with Gasteiger partial charge in [-0.1, -0.05) is 17.7 Å². The van der Waals surface area contributed by atoms with Gasteiger partial charge in [0.1, 0.15) is 0 Å². The smallest absolute Gasteiger partial charge is 0.306 e. The highest BCUT2D eigenvalue weighted by Crippen LogP contribution is 2.15. The van der Waals surface area contributed by atoms with Crippen LogP contribution in [0.4, 0.5) is 0 Å². The van der Waals surface area contributed by atoms with Gasteiger partial charge in [-0.2, -0.15) is 0 Å². The summed E-state index contributed by atoms with van der Waals surface area (Å²) in [5, 5.41) is 0. The molecule has 0 spiro atoms. The second-order valence-electron chi connectivity index (χ2n) is 3.97.